The lowest BCUT2D eigenvalue weighted by atomic mass is 9.99. The van der Waals surface area contributed by atoms with Crippen LogP contribution in [0.15, 0.2) is 24.3 Å². The van der Waals surface area contributed by atoms with Crippen LogP contribution in [0.4, 0.5) is 0 Å². The molecule has 5 heteroatoms. The molecule has 23 heavy (non-hydrogen) atoms. The molecule has 1 aromatic rings. The second-order valence-electron chi connectivity index (χ2n) is 6.26. The van der Waals surface area contributed by atoms with Gasteiger partial charge in [0.25, 0.3) is 0 Å². The topological polar surface area (TPSA) is 38.8 Å². The van der Waals surface area contributed by atoms with Crippen molar-refractivity contribution in [3.05, 3.63) is 35.4 Å². The summed E-state index contributed by atoms with van der Waals surface area (Å²) < 4.78 is 24.1. The summed E-state index contributed by atoms with van der Waals surface area (Å²) in [5, 5.41) is 0. The Balaban J connectivity index is 2.17. The van der Waals surface area contributed by atoms with E-state index in [9.17, 15) is 4.57 Å². The molecule has 1 unspecified atom stereocenters. The molecule has 1 aliphatic heterocycles. The standard InChI is InChI=1S/C18H30NO3P/c1-5-15(4)18(14-23(20,21-6-2)22-7-3)19-12-16-10-8-9-11-17(16)13-19/h8-11,15,18H,5-7,12-14H2,1-4H3/t15?,18-/m0/s1. The van der Waals surface area contributed by atoms with E-state index in [1.165, 1.54) is 11.1 Å². The van der Waals surface area contributed by atoms with Crippen LogP contribution >= 0.6 is 7.60 Å². The minimum atomic E-state index is -3.03. The summed E-state index contributed by atoms with van der Waals surface area (Å²) >= 11 is 0. The van der Waals surface area contributed by atoms with Gasteiger partial charge in [0.2, 0.25) is 0 Å². The number of benzene rings is 1. The van der Waals surface area contributed by atoms with E-state index in [0.717, 1.165) is 19.5 Å². The number of fused-ring (bicyclic) bond motifs is 1. The van der Waals surface area contributed by atoms with Crippen LogP contribution in [0.5, 0.6) is 0 Å². The van der Waals surface area contributed by atoms with Gasteiger partial charge in [-0.2, -0.15) is 0 Å². The smallest absolute Gasteiger partial charge is 0.309 e. The third-order valence-corrected chi connectivity index (χ3v) is 6.82. The summed E-state index contributed by atoms with van der Waals surface area (Å²) in [7, 11) is -3.03. The monoisotopic (exact) mass is 339 g/mol. The molecule has 0 spiro atoms. The maximum absolute atomic E-state index is 13.0. The van der Waals surface area contributed by atoms with Crippen LogP contribution in [0.3, 0.4) is 0 Å². The van der Waals surface area contributed by atoms with Crippen LogP contribution in [0.2, 0.25) is 0 Å². The molecule has 2 atom stereocenters. The Bertz CT molecular complexity index is 514. The summed E-state index contributed by atoms with van der Waals surface area (Å²) in [6.45, 7) is 10.8. The zero-order valence-corrected chi connectivity index (χ0v) is 15.7. The van der Waals surface area contributed by atoms with Crippen molar-refractivity contribution in [3.63, 3.8) is 0 Å². The number of nitrogens with zero attached hydrogens (tertiary/aromatic N) is 1. The van der Waals surface area contributed by atoms with Gasteiger partial charge in [-0.1, -0.05) is 44.5 Å². The molecular weight excluding hydrogens is 309 g/mol. The van der Waals surface area contributed by atoms with E-state index in [0.29, 0.717) is 25.3 Å². The molecule has 0 N–H and O–H groups in total. The van der Waals surface area contributed by atoms with Gasteiger partial charge in [-0.3, -0.25) is 9.46 Å². The van der Waals surface area contributed by atoms with Crippen LogP contribution in [-0.4, -0.2) is 30.3 Å². The summed E-state index contributed by atoms with van der Waals surface area (Å²) in [6, 6.07) is 8.76. The highest BCUT2D eigenvalue weighted by molar-refractivity contribution is 7.53. The zero-order valence-electron chi connectivity index (χ0n) is 14.8. The Labute approximate surface area is 140 Å². The predicted molar refractivity (Wildman–Crippen MR) is 94.7 cm³/mol. The maximum Gasteiger partial charge on any atom is 0.332 e. The van der Waals surface area contributed by atoms with Crippen molar-refractivity contribution in [2.24, 2.45) is 5.92 Å². The fraction of sp³-hybridized carbons (Fsp3) is 0.667. The predicted octanol–water partition coefficient (Wildman–Crippen LogP) is 4.68. The highest BCUT2D eigenvalue weighted by Gasteiger charge is 2.36. The van der Waals surface area contributed by atoms with Gasteiger partial charge in [0.05, 0.1) is 19.4 Å². The first-order valence-corrected chi connectivity index (χ1v) is 10.4. The largest absolute Gasteiger partial charge is 0.332 e. The molecule has 130 valence electrons. The number of rotatable bonds is 9. The lowest BCUT2D eigenvalue weighted by molar-refractivity contribution is 0.145. The van der Waals surface area contributed by atoms with E-state index >= 15 is 0 Å². The molecule has 0 radical (unpaired) electrons. The first-order chi connectivity index (χ1) is 11.0. The Morgan fingerprint density at radius 3 is 2.04 bits per heavy atom. The third-order valence-electron chi connectivity index (χ3n) is 4.70. The molecule has 0 fully saturated rings. The van der Waals surface area contributed by atoms with E-state index in [2.05, 4.69) is 43.0 Å². The molecule has 0 bridgehead atoms. The van der Waals surface area contributed by atoms with Gasteiger partial charge in [0.1, 0.15) is 0 Å². The number of hydrogen-bond donors (Lipinski definition) is 0. The van der Waals surface area contributed by atoms with Crippen molar-refractivity contribution >= 4 is 7.60 Å². The highest BCUT2D eigenvalue weighted by Crippen LogP contribution is 2.50. The lowest BCUT2D eigenvalue weighted by Crippen LogP contribution is -2.39. The van der Waals surface area contributed by atoms with E-state index < -0.39 is 7.60 Å². The molecule has 0 aromatic heterocycles. The molecule has 4 nitrogen and oxygen atoms in total. The molecular formula is C18H30NO3P. The number of hydrogen-bond acceptors (Lipinski definition) is 4. The SMILES string of the molecule is CCOP(=O)(C[C@@H](C(C)CC)N1Cc2ccccc2C1)OCC. The van der Waals surface area contributed by atoms with Gasteiger partial charge in [0.15, 0.2) is 0 Å². The van der Waals surface area contributed by atoms with Crippen molar-refractivity contribution in [3.8, 4) is 0 Å². The van der Waals surface area contributed by atoms with Crippen molar-refractivity contribution in [2.75, 3.05) is 19.4 Å². The van der Waals surface area contributed by atoms with Gasteiger partial charge in [-0.25, -0.2) is 0 Å². The molecule has 0 saturated heterocycles. The van der Waals surface area contributed by atoms with E-state index in [1.54, 1.807) is 0 Å². The Kier molecular flexibility index (Phi) is 6.84. The van der Waals surface area contributed by atoms with Crippen LogP contribution < -0.4 is 0 Å². The summed E-state index contributed by atoms with van der Waals surface area (Å²) in [4.78, 5) is 2.43. The first kappa shape index (κ1) is 18.7. The van der Waals surface area contributed by atoms with Gasteiger partial charge in [-0.15, -0.1) is 0 Å². The highest BCUT2D eigenvalue weighted by atomic mass is 31.2. The third kappa shape index (κ3) is 4.67. The summed E-state index contributed by atoms with van der Waals surface area (Å²) in [5.41, 5.74) is 2.76. The second kappa shape index (κ2) is 8.43. The van der Waals surface area contributed by atoms with Crippen molar-refractivity contribution in [2.45, 2.75) is 53.2 Å². The van der Waals surface area contributed by atoms with Crippen LogP contribution in [0.1, 0.15) is 45.2 Å². The minimum Gasteiger partial charge on any atom is -0.309 e. The molecule has 0 saturated carbocycles. The maximum atomic E-state index is 13.0. The molecule has 0 aliphatic carbocycles. The Morgan fingerprint density at radius 2 is 1.61 bits per heavy atom. The van der Waals surface area contributed by atoms with Crippen LogP contribution in [-0.2, 0) is 26.7 Å². The van der Waals surface area contributed by atoms with Gasteiger partial charge in [-0.05, 0) is 30.9 Å². The minimum absolute atomic E-state index is 0.205. The zero-order chi connectivity index (χ0) is 16.9. The average Bonchev–Trinajstić information content (AvgIpc) is 2.96. The quantitative estimate of drug-likeness (QED) is 0.612. The average molecular weight is 339 g/mol. The molecule has 0 amide bonds. The fourth-order valence-electron chi connectivity index (χ4n) is 3.29. The van der Waals surface area contributed by atoms with Crippen molar-refractivity contribution < 1.29 is 13.6 Å². The van der Waals surface area contributed by atoms with Crippen molar-refractivity contribution in [1.29, 1.82) is 0 Å². The Hall–Kier alpha value is -0.670. The summed E-state index contributed by atoms with van der Waals surface area (Å²) in [5.74, 6) is 0.443. The van der Waals surface area contributed by atoms with E-state index in [1.807, 2.05) is 13.8 Å². The summed E-state index contributed by atoms with van der Waals surface area (Å²) in [6.07, 6.45) is 1.52. The van der Waals surface area contributed by atoms with Crippen molar-refractivity contribution in [1.82, 2.24) is 4.90 Å². The Morgan fingerprint density at radius 1 is 1.09 bits per heavy atom. The van der Waals surface area contributed by atoms with Gasteiger partial charge in [0, 0.05) is 19.1 Å². The molecule has 2 rings (SSSR count). The lowest BCUT2D eigenvalue weighted by Gasteiger charge is -2.34. The normalized spacial score (nSPS) is 17.9. The molecule has 1 aliphatic rings. The van der Waals surface area contributed by atoms with Crippen LogP contribution in [0.25, 0.3) is 0 Å². The fourth-order valence-corrected chi connectivity index (χ4v) is 5.41. The first-order valence-electron chi connectivity index (χ1n) is 8.71. The molecule has 1 heterocycles. The van der Waals surface area contributed by atoms with E-state index in [-0.39, 0.29) is 6.04 Å². The van der Waals surface area contributed by atoms with Gasteiger partial charge >= 0.3 is 7.60 Å². The molecule has 1 aromatic carbocycles. The van der Waals surface area contributed by atoms with Gasteiger partial charge < -0.3 is 9.05 Å². The van der Waals surface area contributed by atoms with E-state index in [4.69, 9.17) is 9.05 Å². The van der Waals surface area contributed by atoms with Crippen LogP contribution in [0, 0.1) is 5.92 Å². The second-order valence-corrected chi connectivity index (χ2v) is 8.36.